The second-order valence-corrected chi connectivity index (χ2v) is 3.56. The lowest BCUT2D eigenvalue weighted by atomic mass is 10.0. The standard InChI is InChI=1S/C13H11NO4/c1-18-12-10(15)6-5-8(13(16)17)11(12)9-4-2-3-7-14-9/h2-7,15H,1H3,(H,16,17). The van der Waals surface area contributed by atoms with Crippen molar-refractivity contribution in [3.63, 3.8) is 0 Å². The van der Waals surface area contributed by atoms with Crippen molar-refractivity contribution in [3.05, 3.63) is 42.1 Å². The van der Waals surface area contributed by atoms with Gasteiger partial charge in [-0.3, -0.25) is 4.98 Å². The Kier molecular flexibility index (Phi) is 3.14. The monoisotopic (exact) mass is 245 g/mol. The van der Waals surface area contributed by atoms with E-state index in [1.54, 1.807) is 24.4 Å². The highest BCUT2D eigenvalue weighted by Crippen LogP contribution is 2.39. The molecule has 0 saturated carbocycles. The quantitative estimate of drug-likeness (QED) is 0.866. The molecule has 1 heterocycles. The highest BCUT2D eigenvalue weighted by atomic mass is 16.5. The van der Waals surface area contributed by atoms with Gasteiger partial charge in [0.25, 0.3) is 0 Å². The van der Waals surface area contributed by atoms with Crippen molar-refractivity contribution < 1.29 is 19.7 Å². The lowest BCUT2D eigenvalue weighted by molar-refractivity contribution is 0.0697. The number of nitrogens with zero attached hydrogens (tertiary/aromatic N) is 1. The lowest BCUT2D eigenvalue weighted by Crippen LogP contribution is -2.02. The Balaban J connectivity index is 2.77. The van der Waals surface area contributed by atoms with Gasteiger partial charge in [-0.05, 0) is 24.3 Å². The highest BCUT2D eigenvalue weighted by Gasteiger charge is 2.20. The molecule has 0 fully saturated rings. The van der Waals surface area contributed by atoms with Gasteiger partial charge in [-0.15, -0.1) is 0 Å². The van der Waals surface area contributed by atoms with Crippen molar-refractivity contribution in [2.45, 2.75) is 0 Å². The molecule has 0 bridgehead atoms. The number of hydrogen-bond acceptors (Lipinski definition) is 4. The van der Waals surface area contributed by atoms with Crippen LogP contribution in [0.15, 0.2) is 36.5 Å². The average molecular weight is 245 g/mol. The summed E-state index contributed by atoms with van der Waals surface area (Å²) in [5, 5.41) is 18.9. The molecule has 0 unspecified atom stereocenters. The predicted octanol–water partition coefficient (Wildman–Crippen LogP) is 2.16. The summed E-state index contributed by atoms with van der Waals surface area (Å²) in [6, 6.07) is 7.72. The number of pyridine rings is 1. The van der Waals surface area contributed by atoms with Gasteiger partial charge in [-0.25, -0.2) is 4.79 Å². The summed E-state index contributed by atoms with van der Waals surface area (Å²) < 4.78 is 5.07. The zero-order valence-corrected chi connectivity index (χ0v) is 9.62. The third-order valence-electron chi connectivity index (χ3n) is 2.49. The van der Waals surface area contributed by atoms with E-state index in [1.807, 2.05) is 0 Å². The van der Waals surface area contributed by atoms with E-state index in [-0.39, 0.29) is 22.6 Å². The first-order valence-electron chi connectivity index (χ1n) is 5.19. The maximum atomic E-state index is 11.2. The minimum absolute atomic E-state index is 0.0309. The van der Waals surface area contributed by atoms with E-state index < -0.39 is 5.97 Å². The van der Waals surface area contributed by atoms with E-state index in [4.69, 9.17) is 4.74 Å². The van der Waals surface area contributed by atoms with E-state index in [1.165, 1.54) is 19.2 Å². The Bertz CT molecular complexity index is 581. The smallest absolute Gasteiger partial charge is 0.336 e. The molecule has 0 radical (unpaired) electrons. The van der Waals surface area contributed by atoms with Gasteiger partial charge in [0.05, 0.1) is 23.9 Å². The maximum Gasteiger partial charge on any atom is 0.336 e. The van der Waals surface area contributed by atoms with E-state index in [0.29, 0.717) is 5.69 Å². The Hall–Kier alpha value is -2.56. The summed E-state index contributed by atoms with van der Waals surface area (Å²) in [4.78, 5) is 15.3. The number of ether oxygens (including phenoxy) is 1. The molecule has 2 rings (SSSR count). The molecular weight excluding hydrogens is 234 g/mol. The van der Waals surface area contributed by atoms with Gasteiger partial charge in [0, 0.05) is 6.20 Å². The Morgan fingerprint density at radius 1 is 1.28 bits per heavy atom. The fraction of sp³-hybridized carbons (Fsp3) is 0.0769. The van der Waals surface area contributed by atoms with Crippen LogP contribution in [0.3, 0.4) is 0 Å². The zero-order chi connectivity index (χ0) is 13.1. The molecule has 5 heteroatoms. The molecule has 1 aromatic carbocycles. The first-order chi connectivity index (χ1) is 8.65. The van der Waals surface area contributed by atoms with Crippen LogP contribution >= 0.6 is 0 Å². The fourth-order valence-electron chi connectivity index (χ4n) is 1.72. The summed E-state index contributed by atoms with van der Waals surface area (Å²) in [6.07, 6.45) is 1.55. The van der Waals surface area contributed by atoms with Gasteiger partial charge in [0.1, 0.15) is 0 Å². The molecule has 0 aliphatic heterocycles. The van der Waals surface area contributed by atoms with Crippen molar-refractivity contribution in [3.8, 4) is 22.8 Å². The summed E-state index contributed by atoms with van der Waals surface area (Å²) in [6.45, 7) is 0. The highest BCUT2D eigenvalue weighted by molar-refractivity contribution is 5.98. The number of aromatic hydroxyl groups is 1. The summed E-state index contributed by atoms with van der Waals surface area (Å²) >= 11 is 0. The lowest BCUT2D eigenvalue weighted by Gasteiger charge is -2.12. The van der Waals surface area contributed by atoms with Crippen LogP contribution in [-0.4, -0.2) is 28.3 Å². The van der Waals surface area contributed by atoms with Gasteiger partial charge in [-0.1, -0.05) is 6.07 Å². The Labute approximate surface area is 103 Å². The molecular formula is C13H11NO4. The number of aromatic nitrogens is 1. The van der Waals surface area contributed by atoms with Crippen LogP contribution in [-0.2, 0) is 0 Å². The zero-order valence-electron chi connectivity index (χ0n) is 9.62. The van der Waals surface area contributed by atoms with Gasteiger partial charge in [0.2, 0.25) is 0 Å². The average Bonchev–Trinajstić information content (AvgIpc) is 2.39. The molecule has 92 valence electrons. The minimum atomic E-state index is -1.10. The van der Waals surface area contributed by atoms with Crippen LogP contribution in [0.2, 0.25) is 0 Å². The molecule has 0 spiro atoms. The normalized spacial score (nSPS) is 10.1. The third-order valence-corrected chi connectivity index (χ3v) is 2.49. The van der Waals surface area contributed by atoms with Crippen molar-refractivity contribution in [2.75, 3.05) is 7.11 Å². The number of methoxy groups -OCH3 is 1. The van der Waals surface area contributed by atoms with Crippen LogP contribution in [0.1, 0.15) is 10.4 Å². The number of phenols is 1. The molecule has 5 nitrogen and oxygen atoms in total. The number of rotatable bonds is 3. The molecule has 0 amide bonds. The molecule has 0 aliphatic carbocycles. The van der Waals surface area contributed by atoms with Crippen LogP contribution in [0.25, 0.3) is 11.3 Å². The number of carbonyl (C=O) groups is 1. The van der Waals surface area contributed by atoms with Gasteiger partial charge < -0.3 is 14.9 Å². The molecule has 0 atom stereocenters. The molecule has 0 aliphatic rings. The SMILES string of the molecule is COc1c(O)ccc(C(=O)O)c1-c1ccccn1. The Morgan fingerprint density at radius 3 is 2.61 bits per heavy atom. The number of aromatic carboxylic acids is 1. The van der Waals surface area contributed by atoms with Crippen molar-refractivity contribution in [1.82, 2.24) is 4.98 Å². The number of carboxylic acids is 1. The first kappa shape index (κ1) is 11.9. The van der Waals surface area contributed by atoms with Crippen LogP contribution in [0.5, 0.6) is 11.5 Å². The number of phenolic OH excluding ortho intramolecular Hbond substituents is 1. The molecule has 18 heavy (non-hydrogen) atoms. The van der Waals surface area contributed by atoms with E-state index in [0.717, 1.165) is 0 Å². The van der Waals surface area contributed by atoms with Crippen LogP contribution in [0, 0.1) is 0 Å². The number of benzene rings is 1. The molecule has 1 aromatic heterocycles. The Morgan fingerprint density at radius 2 is 2.06 bits per heavy atom. The van der Waals surface area contributed by atoms with E-state index in [9.17, 15) is 15.0 Å². The molecule has 2 N–H and O–H groups in total. The predicted molar refractivity (Wildman–Crippen MR) is 64.8 cm³/mol. The number of carboxylic acid groups (broad SMARTS) is 1. The summed E-state index contributed by atoms with van der Waals surface area (Å²) in [7, 11) is 1.37. The summed E-state index contributed by atoms with van der Waals surface area (Å²) in [5.41, 5.74) is 0.733. The molecule has 0 saturated heterocycles. The van der Waals surface area contributed by atoms with E-state index in [2.05, 4.69) is 4.98 Å². The van der Waals surface area contributed by atoms with Crippen molar-refractivity contribution in [1.29, 1.82) is 0 Å². The van der Waals surface area contributed by atoms with Gasteiger partial charge >= 0.3 is 5.97 Å². The van der Waals surface area contributed by atoms with Crippen molar-refractivity contribution >= 4 is 5.97 Å². The van der Waals surface area contributed by atoms with Crippen LogP contribution < -0.4 is 4.74 Å². The number of hydrogen-bond donors (Lipinski definition) is 2. The minimum Gasteiger partial charge on any atom is -0.504 e. The van der Waals surface area contributed by atoms with Gasteiger partial charge in [0.15, 0.2) is 11.5 Å². The summed E-state index contributed by atoms with van der Waals surface area (Å²) in [5.74, 6) is -1.12. The largest absolute Gasteiger partial charge is 0.504 e. The van der Waals surface area contributed by atoms with E-state index >= 15 is 0 Å². The maximum absolute atomic E-state index is 11.2. The third kappa shape index (κ3) is 1.98. The van der Waals surface area contributed by atoms with Gasteiger partial charge in [-0.2, -0.15) is 0 Å². The second-order valence-electron chi connectivity index (χ2n) is 3.56. The fourth-order valence-corrected chi connectivity index (χ4v) is 1.72. The first-order valence-corrected chi connectivity index (χ1v) is 5.19. The van der Waals surface area contributed by atoms with Crippen molar-refractivity contribution in [2.24, 2.45) is 0 Å². The second kappa shape index (κ2) is 4.75. The molecule has 2 aromatic rings. The topological polar surface area (TPSA) is 79.7 Å². The van der Waals surface area contributed by atoms with Crippen LogP contribution in [0.4, 0.5) is 0 Å².